The lowest BCUT2D eigenvalue weighted by molar-refractivity contribution is 0.101. The van der Waals surface area contributed by atoms with Crippen LogP contribution in [0.25, 0.3) is 11.0 Å². The second-order valence-electron chi connectivity index (χ2n) is 8.04. The fraction of sp³-hybridized carbons (Fsp3) is 0.148. The van der Waals surface area contributed by atoms with Gasteiger partial charge in [-0.05, 0) is 78.0 Å². The van der Waals surface area contributed by atoms with Crippen LogP contribution < -0.4 is 14.8 Å². The zero-order valence-corrected chi connectivity index (χ0v) is 20.2. The molecule has 2 aromatic heterocycles. The van der Waals surface area contributed by atoms with Crippen LogP contribution in [0.1, 0.15) is 39.2 Å². The van der Waals surface area contributed by atoms with Gasteiger partial charge >= 0.3 is 0 Å². The Morgan fingerprint density at radius 2 is 1.65 bits per heavy atom. The van der Waals surface area contributed by atoms with Crippen molar-refractivity contribution in [3.63, 3.8) is 0 Å². The predicted molar refractivity (Wildman–Crippen MR) is 135 cm³/mol. The zero-order valence-electron chi connectivity index (χ0n) is 20.2. The molecule has 0 saturated heterocycles. The van der Waals surface area contributed by atoms with Gasteiger partial charge in [-0.1, -0.05) is 12.1 Å². The highest BCUT2D eigenvalue weighted by atomic mass is 16.5. The number of anilines is 1. The average Bonchev–Trinajstić information content (AvgIpc) is 3.56. The lowest BCUT2D eigenvalue weighted by atomic mass is 10.1. The van der Waals surface area contributed by atoms with Crippen LogP contribution in [0.3, 0.4) is 0 Å². The third-order valence-corrected chi connectivity index (χ3v) is 5.78. The molecule has 1 N–H and O–H groups in total. The number of fused-ring (bicyclic) bond motifs is 1. The fourth-order valence-corrected chi connectivity index (χ4v) is 3.81. The van der Waals surface area contributed by atoms with Gasteiger partial charge < -0.3 is 19.2 Å². The molecule has 2 heterocycles. The van der Waals surface area contributed by atoms with Crippen LogP contribution in [0.4, 0.5) is 5.69 Å². The van der Waals surface area contributed by atoms with Crippen molar-refractivity contribution in [2.24, 2.45) is 0 Å². The van der Waals surface area contributed by atoms with Gasteiger partial charge in [-0.3, -0.25) is 9.59 Å². The topological polar surface area (TPSA) is 121 Å². The van der Waals surface area contributed by atoms with E-state index in [0.29, 0.717) is 51.7 Å². The molecule has 5 rings (SSSR count). The second-order valence-corrected chi connectivity index (χ2v) is 8.04. The van der Waals surface area contributed by atoms with Crippen LogP contribution in [0, 0.1) is 0 Å². The van der Waals surface area contributed by atoms with Crippen molar-refractivity contribution >= 4 is 28.3 Å². The van der Waals surface area contributed by atoms with E-state index in [1.54, 1.807) is 78.5 Å². The fourth-order valence-electron chi connectivity index (χ4n) is 3.81. The van der Waals surface area contributed by atoms with E-state index in [9.17, 15) is 9.59 Å². The van der Waals surface area contributed by atoms with Gasteiger partial charge in [0.05, 0.1) is 12.8 Å². The first kappa shape index (κ1) is 23.7. The summed E-state index contributed by atoms with van der Waals surface area (Å²) >= 11 is 0. The Morgan fingerprint density at radius 1 is 0.946 bits per heavy atom. The molecular weight excluding hydrogens is 474 g/mol. The Labute approximate surface area is 211 Å². The number of para-hydroxylation sites is 1. The van der Waals surface area contributed by atoms with Crippen molar-refractivity contribution in [1.82, 2.24) is 20.2 Å². The first-order chi connectivity index (χ1) is 18.1. The molecule has 186 valence electrons. The summed E-state index contributed by atoms with van der Waals surface area (Å²) in [6.07, 6.45) is 0. The smallest absolute Gasteiger partial charge is 0.255 e. The molecule has 37 heavy (non-hydrogen) atoms. The van der Waals surface area contributed by atoms with E-state index in [0.717, 1.165) is 0 Å². The Balaban J connectivity index is 1.36. The summed E-state index contributed by atoms with van der Waals surface area (Å²) in [5.74, 6) is 1.10. The van der Waals surface area contributed by atoms with Gasteiger partial charge in [-0.15, -0.1) is 5.10 Å². The summed E-state index contributed by atoms with van der Waals surface area (Å²) in [6, 6.07) is 20.5. The van der Waals surface area contributed by atoms with Crippen molar-refractivity contribution in [1.29, 1.82) is 0 Å². The number of benzene rings is 3. The highest BCUT2D eigenvalue weighted by Crippen LogP contribution is 2.33. The normalized spacial score (nSPS) is 10.9. The van der Waals surface area contributed by atoms with Gasteiger partial charge in [-0.2, -0.15) is 0 Å². The third kappa shape index (κ3) is 4.90. The number of ketones is 1. The minimum Gasteiger partial charge on any atom is -0.497 e. The van der Waals surface area contributed by atoms with Crippen LogP contribution in [0.5, 0.6) is 11.5 Å². The Bertz CT molecular complexity index is 1550. The van der Waals surface area contributed by atoms with Crippen LogP contribution in [0.2, 0.25) is 0 Å². The number of aromatic nitrogens is 4. The standard InChI is InChI=1S/C27H23N5O5/c1-3-32-23(29-30-31-32)16-36-20-14-10-18(11-15-20)27(34)28-24-21-6-4-5-7-22(21)37-26(24)25(33)17-8-12-19(35-2)13-9-17/h4-15H,3,16H2,1-2H3,(H,28,34). The molecule has 1 amide bonds. The minimum atomic E-state index is -0.392. The van der Waals surface area contributed by atoms with E-state index < -0.39 is 5.91 Å². The van der Waals surface area contributed by atoms with E-state index in [1.165, 1.54) is 0 Å². The molecule has 0 aliphatic heterocycles. The van der Waals surface area contributed by atoms with E-state index in [2.05, 4.69) is 20.8 Å². The van der Waals surface area contributed by atoms with Crippen molar-refractivity contribution < 1.29 is 23.5 Å². The molecule has 3 aromatic carbocycles. The molecule has 0 aliphatic carbocycles. The van der Waals surface area contributed by atoms with Gasteiger partial charge in [0.15, 0.2) is 11.6 Å². The number of nitrogens with one attached hydrogen (secondary N) is 1. The Morgan fingerprint density at radius 3 is 2.38 bits per heavy atom. The lowest BCUT2D eigenvalue weighted by Gasteiger charge is -2.08. The highest BCUT2D eigenvalue weighted by molar-refractivity contribution is 6.18. The monoisotopic (exact) mass is 497 g/mol. The number of hydrogen-bond donors (Lipinski definition) is 1. The Hall–Kier alpha value is -4.99. The van der Waals surface area contributed by atoms with Crippen molar-refractivity contribution in [2.45, 2.75) is 20.1 Å². The Kier molecular flexibility index (Phi) is 6.62. The molecule has 0 atom stereocenters. The molecule has 0 fully saturated rings. The summed E-state index contributed by atoms with van der Waals surface area (Å²) in [7, 11) is 1.55. The van der Waals surface area contributed by atoms with Crippen LogP contribution in [-0.4, -0.2) is 39.0 Å². The van der Waals surface area contributed by atoms with Gasteiger partial charge in [0.25, 0.3) is 5.91 Å². The number of hydrogen-bond acceptors (Lipinski definition) is 8. The molecule has 0 saturated carbocycles. The average molecular weight is 498 g/mol. The van der Waals surface area contributed by atoms with E-state index in [4.69, 9.17) is 13.9 Å². The number of rotatable bonds is 9. The number of nitrogens with zero attached hydrogens (tertiary/aromatic N) is 4. The molecule has 10 heteroatoms. The largest absolute Gasteiger partial charge is 0.497 e. The molecule has 0 bridgehead atoms. The highest BCUT2D eigenvalue weighted by Gasteiger charge is 2.24. The van der Waals surface area contributed by atoms with E-state index in [-0.39, 0.29) is 18.2 Å². The molecule has 5 aromatic rings. The zero-order chi connectivity index (χ0) is 25.8. The van der Waals surface area contributed by atoms with Crippen LogP contribution in [-0.2, 0) is 13.2 Å². The van der Waals surface area contributed by atoms with Gasteiger partial charge in [0, 0.05) is 23.1 Å². The molecule has 0 aliphatic rings. The number of carbonyl (C=O) groups is 2. The number of carbonyl (C=O) groups excluding carboxylic acids is 2. The summed E-state index contributed by atoms with van der Waals surface area (Å²) in [5, 5.41) is 14.9. The van der Waals surface area contributed by atoms with Gasteiger partial charge in [0.1, 0.15) is 23.7 Å². The quantitative estimate of drug-likeness (QED) is 0.295. The molecular formula is C27H23N5O5. The van der Waals surface area contributed by atoms with Gasteiger partial charge in [-0.25, -0.2) is 4.68 Å². The van der Waals surface area contributed by atoms with Crippen molar-refractivity contribution in [3.05, 3.63) is 95.5 Å². The second kappa shape index (κ2) is 10.3. The maximum atomic E-state index is 13.3. The van der Waals surface area contributed by atoms with Crippen LogP contribution >= 0.6 is 0 Å². The number of ether oxygens (including phenoxy) is 2. The predicted octanol–water partition coefficient (Wildman–Crippen LogP) is 4.51. The van der Waals surface area contributed by atoms with Crippen LogP contribution in [0.15, 0.2) is 77.2 Å². The summed E-state index contributed by atoms with van der Waals surface area (Å²) in [4.78, 5) is 26.4. The summed E-state index contributed by atoms with van der Waals surface area (Å²) < 4.78 is 18.4. The number of methoxy groups -OCH3 is 1. The van der Waals surface area contributed by atoms with E-state index >= 15 is 0 Å². The first-order valence-electron chi connectivity index (χ1n) is 11.6. The van der Waals surface area contributed by atoms with Crippen molar-refractivity contribution in [3.8, 4) is 11.5 Å². The maximum absolute atomic E-state index is 13.3. The molecule has 10 nitrogen and oxygen atoms in total. The SMILES string of the molecule is CCn1nnnc1COc1ccc(C(=O)Nc2c(C(=O)c3ccc(OC)cc3)oc3ccccc23)cc1. The first-order valence-corrected chi connectivity index (χ1v) is 11.6. The molecule has 0 radical (unpaired) electrons. The van der Waals surface area contributed by atoms with Gasteiger partial charge in [0.2, 0.25) is 5.78 Å². The summed E-state index contributed by atoms with van der Waals surface area (Å²) in [5.41, 5.74) is 1.60. The minimum absolute atomic E-state index is 0.0494. The number of furan rings is 1. The third-order valence-electron chi connectivity index (χ3n) is 5.78. The molecule has 0 spiro atoms. The molecule has 0 unspecified atom stereocenters. The number of aryl methyl sites for hydroxylation is 1. The maximum Gasteiger partial charge on any atom is 0.255 e. The number of tetrazole rings is 1. The lowest BCUT2D eigenvalue weighted by Crippen LogP contribution is -2.14. The number of amides is 1. The van der Waals surface area contributed by atoms with Crippen molar-refractivity contribution in [2.75, 3.05) is 12.4 Å². The van der Waals surface area contributed by atoms with E-state index in [1.807, 2.05) is 13.0 Å². The summed E-state index contributed by atoms with van der Waals surface area (Å²) in [6.45, 7) is 2.77.